The van der Waals surface area contributed by atoms with Crippen LogP contribution in [0.1, 0.15) is 117 Å². The van der Waals surface area contributed by atoms with Gasteiger partial charge in [0.05, 0.1) is 17.8 Å². The van der Waals surface area contributed by atoms with Crippen LogP contribution in [0.15, 0.2) is 0 Å². The average Bonchev–Trinajstić information content (AvgIpc) is 3.58. The summed E-state index contributed by atoms with van der Waals surface area (Å²) in [4.78, 5) is 2.84. The van der Waals surface area contributed by atoms with Gasteiger partial charge in [-0.05, 0) is 148 Å². The highest BCUT2D eigenvalue weighted by atomic mass is 16.3. The SMILES string of the molecule is C[C@H]1CC[C@@H]2N(C1)C[C@H]1[C@H]3C[C@H]4[C@@H](C[C@H](O)[C@H]5C[C@@H](O)CC[C@@]54C)[C@@H]3C[C@H]3C#CC[C@H]4C[C@H](CC5(CCCC5)C4)[C@]2(O)[C@H]13. The highest BCUT2D eigenvalue weighted by Gasteiger charge is 2.69. The maximum Gasteiger partial charge on any atom is 0.0873 e. The first kappa shape index (κ1) is 28.6. The first-order chi connectivity index (χ1) is 20.7. The molecule has 9 aliphatic rings. The molecule has 16 atom stereocenters. The summed E-state index contributed by atoms with van der Waals surface area (Å²) in [6.07, 6.45) is 18.5. The number of hydrogen-bond donors (Lipinski definition) is 3. The van der Waals surface area contributed by atoms with Gasteiger partial charge in [0.15, 0.2) is 0 Å². The van der Waals surface area contributed by atoms with Crippen LogP contribution in [0.3, 0.4) is 0 Å². The summed E-state index contributed by atoms with van der Waals surface area (Å²) in [6, 6.07) is 0.318. The number of piperidine rings is 2. The molecule has 4 heteroatoms. The van der Waals surface area contributed by atoms with Gasteiger partial charge in [0, 0.05) is 37.4 Å². The monoisotopic (exact) mass is 589 g/mol. The van der Waals surface area contributed by atoms with E-state index in [9.17, 15) is 15.3 Å². The van der Waals surface area contributed by atoms with E-state index in [1.807, 2.05) is 0 Å². The van der Waals surface area contributed by atoms with Crippen LogP contribution in [-0.4, -0.2) is 57.2 Å². The minimum absolute atomic E-state index is 0.138. The summed E-state index contributed by atoms with van der Waals surface area (Å²) >= 11 is 0. The highest BCUT2D eigenvalue weighted by Crippen LogP contribution is 2.69. The van der Waals surface area contributed by atoms with Crippen LogP contribution in [0.5, 0.6) is 0 Å². The molecule has 0 amide bonds. The molecule has 9 rings (SSSR count). The van der Waals surface area contributed by atoms with Gasteiger partial charge in [-0.2, -0.15) is 0 Å². The molecule has 0 aromatic heterocycles. The van der Waals surface area contributed by atoms with Crippen molar-refractivity contribution < 1.29 is 15.3 Å². The quantitative estimate of drug-likeness (QED) is 0.292. The van der Waals surface area contributed by atoms with Gasteiger partial charge >= 0.3 is 0 Å². The summed E-state index contributed by atoms with van der Waals surface area (Å²) < 4.78 is 0. The van der Waals surface area contributed by atoms with Crippen molar-refractivity contribution in [2.75, 3.05) is 13.1 Å². The van der Waals surface area contributed by atoms with Gasteiger partial charge in [-0.1, -0.05) is 32.6 Å². The lowest BCUT2D eigenvalue weighted by Crippen LogP contribution is -2.72. The second-order valence-electron chi connectivity index (χ2n) is 18.7. The van der Waals surface area contributed by atoms with Gasteiger partial charge in [-0.25, -0.2) is 0 Å². The molecule has 0 radical (unpaired) electrons. The van der Waals surface area contributed by atoms with E-state index in [1.54, 1.807) is 0 Å². The van der Waals surface area contributed by atoms with Crippen molar-refractivity contribution in [2.45, 2.75) is 140 Å². The summed E-state index contributed by atoms with van der Waals surface area (Å²) in [5.41, 5.74) is -0.00437. The Hall–Kier alpha value is -0.600. The smallest absolute Gasteiger partial charge is 0.0873 e. The van der Waals surface area contributed by atoms with Crippen LogP contribution in [-0.2, 0) is 0 Å². The molecule has 6 saturated carbocycles. The lowest BCUT2D eigenvalue weighted by molar-refractivity contribution is -0.232. The molecule has 3 N–H and O–H groups in total. The van der Waals surface area contributed by atoms with Crippen LogP contribution in [0.4, 0.5) is 0 Å². The second kappa shape index (κ2) is 9.95. The van der Waals surface area contributed by atoms with Crippen molar-refractivity contribution >= 4 is 0 Å². The summed E-state index contributed by atoms with van der Waals surface area (Å²) in [6.45, 7) is 7.27. The van der Waals surface area contributed by atoms with E-state index in [4.69, 9.17) is 0 Å². The van der Waals surface area contributed by atoms with Crippen molar-refractivity contribution in [2.24, 2.45) is 75.9 Å². The number of nitrogens with zero attached hydrogens (tertiary/aromatic N) is 1. The summed E-state index contributed by atoms with van der Waals surface area (Å²) in [5.74, 6) is 13.5. The standard InChI is InChI=1S/C39H59NO3/c1-23-8-9-35-39(43)26-14-24(19-38(20-26)11-3-4-12-38)6-5-7-25-15-28-29(31(36(25)39)22-40(35)21-23)17-32-30(28)18-34(42)33-16-27(41)10-13-37(32,33)2/h23-36,41-43H,3-4,6,8-22H2,1-2H3/t23-,24-,25+,26+,27-,28+,29-,30-,31-,32-,33+,34-,35-,36-,37+,39+/m0/s1. The number of fused-ring (bicyclic) bond motifs is 11. The van der Waals surface area contributed by atoms with Crippen LogP contribution in [0.2, 0.25) is 0 Å². The fraction of sp³-hybridized carbons (Fsp3) is 0.949. The topological polar surface area (TPSA) is 63.9 Å². The van der Waals surface area contributed by atoms with Crippen LogP contribution < -0.4 is 0 Å². The molecular formula is C39H59NO3. The number of aliphatic hydroxyl groups is 3. The predicted octanol–water partition coefficient (Wildman–Crippen LogP) is 6.27. The maximum absolute atomic E-state index is 13.8. The minimum atomic E-state index is -0.610. The molecule has 0 unspecified atom stereocenters. The Kier molecular flexibility index (Phi) is 6.62. The molecule has 2 aliphatic heterocycles. The summed E-state index contributed by atoms with van der Waals surface area (Å²) in [7, 11) is 0. The third kappa shape index (κ3) is 4.09. The molecule has 2 bridgehead atoms. The molecule has 8 fully saturated rings. The van der Waals surface area contributed by atoms with Crippen LogP contribution in [0, 0.1) is 87.8 Å². The largest absolute Gasteiger partial charge is 0.393 e. The first-order valence-electron chi connectivity index (χ1n) is 19.0. The van der Waals surface area contributed by atoms with Gasteiger partial charge in [-0.15, -0.1) is 5.92 Å². The van der Waals surface area contributed by atoms with E-state index in [0.717, 1.165) is 51.0 Å². The molecule has 238 valence electrons. The van der Waals surface area contributed by atoms with Gasteiger partial charge in [0.1, 0.15) is 0 Å². The zero-order valence-electron chi connectivity index (χ0n) is 27.1. The van der Waals surface area contributed by atoms with Crippen LogP contribution in [0.25, 0.3) is 0 Å². The van der Waals surface area contributed by atoms with Crippen LogP contribution >= 0.6 is 0 Å². The fourth-order valence-electron chi connectivity index (χ4n) is 15.3. The molecule has 0 aromatic carbocycles. The fourth-order valence-corrected chi connectivity index (χ4v) is 15.3. The molecule has 2 saturated heterocycles. The maximum atomic E-state index is 13.8. The van der Waals surface area contributed by atoms with Crippen molar-refractivity contribution in [1.82, 2.24) is 4.90 Å². The number of hydrogen-bond acceptors (Lipinski definition) is 4. The van der Waals surface area contributed by atoms with Gasteiger partial charge < -0.3 is 15.3 Å². The Balaban J connectivity index is 1.13. The Morgan fingerprint density at radius 3 is 2.44 bits per heavy atom. The number of rotatable bonds is 0. The minimum Gasteiger partial charge on any atom is -0.393 e. The Labute approximate surface area is 261 Å². The highest BCUT2D eigenvalue weighted by molar-refractivity contribution is 5.24. The molecule has 2 heterocycles. The zero-order valence-corrected chi connectivity index (χ0v) is 27.1. The summed E-state index contributed by atoms with van der Waals surface area (Å²) in [5, 5.41) is 36.0. The normalized spacial score (nSPS) is 58.3. The predicted molar refractivity (Wildman–Crippen MR) is 169 cm³/mol. The Morgan fingerprint density at radius 2 is 1.60 bits per heavy atom. The zero-order chi connectivity index (χ0) is 29.3. The third-order valence-corrected chi connectivity index (χ3v) is 16.8. The van der Waals surface area contributed by atoms with E-state index in [-0.39, 0.29) is 23.5 Å². The van der Waals surface area contributed by atoms with E-state index in [1.165, 1.54) is 70.8 Å². The van der Waals surface area contributed by atoms with Gasteiger partial charge in [0.2, 0.25) is 0 Å². The lowest BCUT2D eigenvalue weighted by atomic mass is 9.47. The van der Waals surface area contributed by atoms with Gasteiger partial charge in [-0.3, -0.25) is 4.90 Å². The molecule has 1 spiro atoms. The molecule has 7 aliphatic carbocycles. The first-order valence-corrected chi connectivity index (χ1v) is 19.0. The Morgan fingerprint density at radius 1 is 0.791 bits per heavy atom. The molecule has 0 aromatic rings. The van der Waals surface area contributed by atoms with Crippen molar-refractivity contribution in [3.8, 4) is 11.8 Å². The second-order valence-corrected chi connectivity index (χ2v) is 18.7. The number of aliphatic hydroxyl groups excluding tert-OH is 2. The third-order valence-electron chi connectivity index (χ3n) is 16.8. The molecular weight excluding hydrogens is 530 g/mol. The van der Waals surface area contributed by atoms with Crippen molar-refractivity contribution in [3.63, 3.8) is 0 Å². The average molecular weight is 590 g/mol. The molecule has 4 nitrogen and oxygen atoms in total. The van der Waals surface area contributed by atoms with Gasteiger partial charge in [0.25, 0.3) is 0 Å². The van der Waals surface area contributed by atoms with E-state index in [2.05, 4.69) is 30.6 Å². The Bertz CT molecular complexity index is 1170. The van der Waals surface area contributed by atoms with E-state index in [0.29, 0.717) is 64.7 Å². The van der Waals surface area contributed by atoms with E-state index >= 15 is 0 Å². The van der Waals surface area contributed by atoms with Crippen molar-refractivity contribution in [1.29, 1.82) is 0 Å². The van der Waals surface area contributed by atoms with E-state index < -0.39 is 5.60 Å². The van der Waals surface area contributed by atoms with Crippen molar-refractivity contribution in [3.05, 3.63) is 0 Å². The lowest BCUT2D eigenvalue weighted by Gasteiger charge is -2.65. The molecule has 43 heavy (non-hydrogen) atoms.